The highest BCUT2D eigenvalue weighted by atomic mass is 32.2. The van der Waals surface area contributed by atoms with Gasteiger partial charge in [0.05, 0.1) is 13.2 Å². The molecule has 1 aromatic rings. The Kier molecular flexibility index (Phi) is 10.4. The maximum absolute atomic E-state index is 5.34. The summed E-state index contributed by atoms with van der Waals surface area (Å²) < 4.78 is 5.34. The summed E-state index contributed by atoms with van der Waals surface area (Å²) in [5.41, 5.74) is 1.22. The Hall–Kier alpha value is -1.40. The van der Waals surface area contributed by atoms with Crippen LogP contribution in [0.15, 0.2) is 29.3 Å². The molecule has 1 atom stereocenters. The number of likely N-dealkylation sites (N-methyl/N-ethyl adjacent to an activating group) is 1. The topological polar surface area (TPSA) is 48.9 Å². The van der Waals surface area contributed by atoms with Crippen LogP contribution in [0.25, 0.3) is 0 Å². The van der Waals surface area contributed by atoms with Crippen molar-refractivity contribution in [2.24, 2.45) is 4.99 Å². The fraction of sp³-hybridized carbons (Fsp3) is 0.611. The van der Waals surface area contributed by atoms with E-state index in [4.69, 9.17) is 4.74 Å². The highest BCUT2D eigenvalue weighted by Gasteiger charge is 2.15. The number of methoxy groups -OCH3 is 1. The Morgan fingerprint density at radius 1 is 1.29 bits per heavy atom. The van der Waals surface area contributed by atoms with E-state index in [1.165, 1.54) is 17.7 Å². The van der Waals surface area contributed by atoms with Crippen LogP contribution in [0.3, 0.4) is 0 Å². The van der Waals surface area contributed by atoms with Crippen LogP contribution < -0.4 is 15.4 Å². The van der Waals surface area contributed by atoms with Crippen LogP contribution in [0, 0.1) is 0 Å². The SMILES string of the molecule is CN=C(NCCCCSC)NCC(c1cccc(OC)c1)N(C)C. The first-order valence-electron chi connectivity index (χ1n) is 8.36. The number of aliphatic imine (C=N–C) groups is 1. The van der Waals surface area contributed by atoms with Crippen molar-refractivity contribution in [3.63, 3.8) is 0 Å². The first kappa shape index (κ1) is 20.6. The molecule has 0 heterocycles. The van der Waals surface area contributed by atoms with Gasteiger partial charge in [-0.15, -0.1) is 0 Å². The number of nitrogens with zero attached hydrogens (tertiary/aromatic N) is 2. The standard InChI is InChI=1S/C18H32N4OS/c1-19-18(20-11-6-7-12-24-5)21-14-17(22(2)3)15-9-8-10-16(13-15)23-4/h8-10,13,17H,6-7,11-12,14H2,1-5H3,(H2,19,20,21). The summed E-state index contributed by atoms with van der Waals surface area (Å²) in [4.78, 5) is 6.51. The van der Waals surface area contributed by atoms with E-state index in [-0.39, 0.29) is 6.04 Å². The van der Waals surface area contributed by atoms with Crippen molar-refractivity contribution in [1.82, 2.24) is 15.5 Å². The molecule has 0 bridgehead atoms. The summed E-state index contributed by atoms with van der Waals surface area (Å²) in [5.74, 6) is 2.95. The van der Waals surface area contributed by atoms with Gasteiger partial charge in [0.15, 0.2) is 5.96 Å². The van der Waals surface area contributed by atoms with Crippen molar-refractivity contribution in [2.45, 2.75) is 18.9 Å². The highest BCUT2D eigenvalue weighted by Crippen LogP contribution is 2.21. The number of hydrogen-bond acceptors (Lipinski definition) is 4. The molecule has 24 heavy (non-hydrogen) atoms. The van der Waals surface area contributed by atoms with Crippen molar-refractivity contribution < 1.29 is 4.74 Å². The average Bonchev–Trinajstić information content (AvgIpc) is 2.59. The number of nitrogens with one attached hydrogen (secondary N) is 2. The van der Waals surface area contributed by atoms with E-state index in [0.717, 1.165) is 31.2 Å². The van der Waals surface area contributed by atoms with Crippen LogP contribution in [0.2, 0.25) is 0 Å². The summed E-state index contributed by atoms with van der Waals surface area (Å²) >= 11 is 1.89. The lowest BCUT2D eigenvalue weighted by Crippen LogP contribution is -2.42. The molecular weight excluding hydrogens is 320 g/mol. The highest BCUT2D eigenvalue weighted by molar-refractivity contribution is 7.98. The zero-order valence-electron chi connectivity index (χ0n) is 15.6. The lowest BCUT2D eigenvalue weighted by molar-refractivity contribution is 0.297. The minimum Gasteiger partial charge on any atom is -0.497 e. The first-order valence-corrected chi connectivity index (χ1v) is 9.75. The molecular formula is C18H32N4OS. The van der Waals surface area contributed by atoms with Crippen LogP contribution in [0.1, 0.15) is 24.4 Å². The largest absolute Gasteiger partial charge is 0.497 e. The van der Waals surface area contributed by atoms with E-state index in [1.54, 1.807) is 7.11 Å². The van der Waals surface area contributed by atoms with E-state index in [9.17, 15) is 0 Å². The summed E-state index contributed by atoms with van der Waals surface area (Å²) in [6.07, 6.45) is 4.54. The van der Waals surface area contributed by atoms with Crippen molar-refractivity contribution in [3.8, 4) is 5.75 Å². The summed E-state index contributed by atoms with van der Waals surface area (Å²) in [6.45, 7) is 1.73. The second kappa shape index (κ2) is 12.0. The number of thioether (sulfide) groups is 1. The zero-order valence-corrected chi connectivity index (χ0v) is 16.4. The summed E-state index contributed by atoms with van der Waals surface area (Å²) in [5, 5.41) is 6.81. The Bertz CT molecular complexity index is 494. The van der Waals surface area contributed by atoms with Crippen molar-refractivity contribution in [3.05, 3.63) is 29.8 Å². The third-order valence-corrected chi connectivity index (χ3v) is 4.55. The van der Waals surface area contributed by atoms with Crippen LogP contribution in [-0.4, -0.2) is 64.2 Å². The molecule has 2 N–H and O–H groups in total. The smallest absolute Gasteiger partial charge is 0.191 e. The predicted molar refractivity (Wildman–Crippen MR) is 106 cm³/mol. The van der Waals surface area contributed by atoms with E-state index in [2.05, 4.69) is 53.0 Å². The molecule has 1 rings (SSSR count). The third-order valence-electron chi connectivity index (χ3n) is 3.86. The van der Waals surface area contributed by atoms with Gasteiger partial charge in [0.2, 0.25) is 0 Å². The Morgan fingerprint density at radius 3 is 2.71 bits per heavy atom. The quantitative estimate of drug-likeness (QED) is 0.385. The minimum atomic E-state index is 0.246. The average molecular weight is 353 g/mol. The van der Waals surface area contributed by atoms with Gasteiger partial charge in [-0.1, -0.05) is 12.1 Å². The maximum atomic E-state index is 5.34. The van der Waals surface area contributed by atoms with E-state index >= 15 is 0 Å². The van der Waals surface area contributed by atoms with E-state index in [0.29, 0.717) is 0 Å². The molecule has 5 nitrogen and oxygen atoms in total. The molecule has 0 saturated carbocycles. The Morgan fingerprint density at radius 2 is 2.08 bits per heavy atom. The van der Waals surface area contributed by atoms with Gasteiger partial charge in [-0.05, 0) is 56.6 Å². The molecule has 6 heteroatoms. The van der Waals surface area contributed by atoms with Crippen LogP contribution in [0.4, 0.5) is 0 Å². The second-order valence-corrected chi connectivity index (χ2v) is 6.82. The Balaban J connectivity index is 2.55. The monoisotopic (exact) mass is 352 g/mol. The molecule has 0 fully saturated rings. The normalized spacial score (nSPS) is 13.0. The number of ether oxygens (including phenoxy) is 1. The summed E-state index contributed by atoms with van der Waals surface area (Å²) in [7, 11) is 7.69. The molecule has 0 aliphatic rings. The van der Waals surface area contributed by atoms with E-state index < -0.39 is 0 Å². The molecule has 0 saturated heterocycles. The molecule has 0 aliphatic heterocycles. The molecule has 1 unspecified atom stereocenters. The van der Waals surface area contributed by atoms with Gasteiger partial charge in [-0.25, -0.2) is 0 Å². The fourth-order valence-corrected chi connectivity index (χ4v) is 2.93. The lowest BCUT2D eigenvalue weighted by atomic mass is 10.1. The number of unbranched alkanes of at least 4 members (excludes halogenated alkanes) is 1. The number of benzene rings is 1. The zero-order chi connectivity index (χ0) is 17.8. The second-order valence-electron chi connectivity index (χ2n) is 5.84. The Labute approximate surface area is 151 Å². The molecule has 136 valence electrons. The third kappa shape index (κ3) is 7.45. The number of rotatable bonds is 10. The molecule has 0 aliphatic carbocycles. The van der Waals surface area contributed by atoms with Crippen LogP contribution in [0.5, 0.6) is 5.75 Å². The minimum absolute atomic E-state index is 0.246. The first-order chi connectivity index (χ1) is 11.6. The fourth-order valence-electron chi connectivity index (χ4n) is 2.44. The predicted octanol–water partition coefficient (Wildman–Crippen LogP) is 2.61. The number of hydrogen-bond donors (Lipinski definition) is 2. The van der Waals surface area contributed by atoms with Crippen LogP contribution in [-0.2, 0) is 0 Å². The van der Waals surface area contributed by atoms with Crippen molar-refractivity contribution in [2.75, 3.05) is 53.4 Å². The lowest BCUT2D eigenvalue weighted by Gasteiger charge is -2.26. The van der Waals surface area contributed by atoms with Gasteiger partial charge in [-0.3, -0.25) is 4.99 Å². The van der Waals surface area contributed by atoms with Gasteiger partial charge in [0.25, 0.3) is 0 Å². The molecule has 0 aromatic heterocycles. The maximum Gasteiger partial charge on any atom is 0.191 e. The molecule has 1 aromatic carbocycles. The number of guanidine groups is 1. The molecule has 0 radical (unpaired) electrons. The van der Waals surface area contributed by atoms with Crippen molar-refractivity contribution >= 4 is 17.7 Å². The van der Waals surface area contributed by atoms with Gasteiger partial charge >= 0.3 is 0 Å². The molecule has 0 spiro atoms. The van der Waals surface area contributed by atoms with Gasteiger partial charge in [0.1, 0.15) is 5.75 Å². The van der Waals surface area contributed by atoms with Crippen LogP contribution >= 0.6 is 11.8 Å². The summed E-state index contributed by atoms with van der Waals surface area (Å²) in [6, 6.07) is 8.47. The van der Waals surface area contributed by atoms with Gasteiger partial charge < -0.3 is 20.3 Å². The van der Waals surface area contributed by atoms with E-state index in [1.807, 2.05) is 30.9 Å². The van der Waals surface area contributed by atoms with Crippen molar-refractivity contribution in [1.29, 1.82) is 0 Å². The van der Waals surface area contributed by atoms with Gasteiger partial charge in [0, 0.05) is 20.1 Å². The molecule has 0 amide bonds. The van der Waals surface area contributed by atoms with Gasteiger partial charge in [-0.2, -0.15) is 11.8 Å².